The van der Waals surface area contributed by atoms with Gasteiger partial charge >= 0.3 is 0 Å². The molecule has 0 aliphatic rings. The summed E-state index contributed by atoms with van der Waals surface area (Å²) in [5, 5.41) is 0. The molecule has 14 nitrogen and oxygen atoms in total. The van der Waals surface area contributed by atoms with Crippen molar-refractivity contribution in [2.45, 2.75) is 130 Å². The van der Waals surface area contributed by atoms with Crippen molar-refractivity contribution in [1.29, 1.82) is 0 Å². The van der Waals surface area contributed by atoms with Gasteiger partial charge in [-0.05, 0) is 255 Å². The molecule has 0 spiro atoms. The summed E-state index contributed by atoms with van der Waals surface area (Å²) in [5.41, 5.74) is 14.2. The van der Waals surface area contributed by atoms with E-state index in [0.29, 0.717) is 83.6 Å². The zero-order valence-electron chi connectivity index (χ0n) is 71.5. The minimum absolute atomic E-state index is 0.577. The summed E-state index contributed by atoms with van der Waals surface area (Å²) < 4.78 is 52.0. The van der Waals surface area contributed by atoms with Crippen molar-refractivity contribution in [3.63, 3.8) is 0 Å². The summed E-state index contributed by atoms with van der Waals surface area (Å²) in [6.45, 7) is 11.4. The van der Waals surface area contributed by atoms with Gasteiger partial charge in [0.25, 0.3) is 0 Å². The number of ether oxygens (including phenoxy) is 8. The second-order valence-corrected chi connectivity index (χ2v) is 30.8. The van der Waals surface area contributed by atoms with Gasteiger partial charge in [0.05, 0.1) is 26.4 Å². The highest BCUT2D eigenvalue weighted by Crippen LogP contribution is 2.46. The summed E-state index contributed by atoms with van der Waals surface area (Å²) >= 11 is 0. The highest BCUT2D eigenvalue weighted by molar-refractivity contribution is 5.84. The Balaban J connectivity index is 0.728. The third-order valence-electron chi connectivity index (χ3n) is 21.4. The van der Waals surface area contributed by atoms with E-state index in [-0.39, 0.29) is 0 Å². The van der Waals surface area contributed by atoms with Crippen LogP contribution in [0.3, 0.4) is 0 Å². The molecule has 0 N–H and O–H groups in total. The highest BCUT2D eigenvalue weighted by atomic mass is 16.5. The lowest BCUT2D eigenvalue weighted by molar-refractivity contribution is 0.111. The number of carbonyl (C=O) groups excluding carboxylic acids is 2. The molecule has 14 heteroatoms. The first-order valence-corrected chi connectivity index (χ1v) is 43.9. The number of hydrogen-bond acceptors (Lipinski definition) is 14. The molecule has 14 rings (SSSR count). The zero-order valence-corrected chi connectivity index (χ0v) is 71.5. The van der Waals surface area contributed by atoms with Crippen molar-refractivity contribution >= 4 is 80.8 Å². The van der Waals surface area contributed by atoms with E-state index in [4.69, 9.17) is 37.9 Å². The number of hydrogen-bond donors (Lipinski definition) is 0. The molecule has 14 aromatic rings. The predicted octanol–water partition coefficient (Wildman–Crippen LogP) is 31.9. The predicted molar refractivity (Wildman–Crippen MR) is 506 cm³/mol. The van der Waals surface area contributed by atoms with E-state index in [2.05, 4.69) is 211 Å². The molecule has 630 valence electrons. The van der Waals surface area contributed by atoms with E-state index in [1.54, 1.807) is 48.5 Å². The van der Waals surface area contributed by atoms with E-state index >= 15 is 0 Å². The molecule has 14 aromatic carbocycles. The Morgan fingerprint density at radius 3 is 0.613 bits per heavy atom. The van der Waals surface area contributed by atoms with E-state index in [9.17, 15) is 9.59 Å². The van der Waals surface area contributed by atoms with Crippen molar-refractivity contribution in [1.82, 2.24) is 0 Å². The van der Waals surface area contributed by atoms with E-state index in [1.807, 2.05) is 127 Å². The first-order valence-electron chi connectivity index (χ1n) is 43.9. The molecule has 0 aromatic heterocycles. The van der Waals surface area contributed by atoms with Crippen LogP contribution >= 0.6 is 0 Å². The smallest absolute Gasteiger partial charge is 0.150 e. The molecule has 0 unspecified atom stereocenters. The largest absolute Gasteiger partial charge is 0.494 e. The molecule has 0 atom stereocenters. The summed E-state index contributed by atoms with van der Waals surface area (Å²) in [6, 6.07) is 113. The Labute approximate surface area is 731 Å². The van der Waals surface area contributed by atoms with Crippen molar-refractivity contribution < 1.29 is 47.5 Å². The fraction of sp³-hybridized carbons (Fsp3) is 0.218. The van der Waals surface area contributed by atoms with Gasteiger partial charge < -0.3 is 57.5 Å². The molecule has 124 heavy (non-hydrogen) atoms. The first-order chi connectivity index (χ1) is 61.2. The van der Waals surface area contributed by atoms with Gasteiger partial charge in [-0.15, -0.1) is 0 Å². The Bertz CT molecular complexity index is 5670. The Kier molecular flexibility index (Phi) is 31.4. The maximum atomic E-state index is 11.5. The number of benzene rings is 14. The second-order valence-electron chi connectivity index (χ2n) is 30.8. The number of nitrogens with zero attached hydrogens (tertiary/aromatic N) is 4. The lowest BCUT2D eigenvalue weighted by Crippen LogP contribution is -2.11. The molecular formula is C110H110N4O10. The molecule has 0 bridgehead atoms. The van der Waals surface area contributed by atoms with Crippen molar-refractivity contribution in [3.05, 3.63) is 351 Å². The van der Waals surface area contributed by atoms with Crippen LogP contribution in [0.15, 0.2) is 340 Å². The molecule has 0 aliphatic carbocycles. The molecule has 0 aliphatic heterocycles. The lowest BCUT2D eigenvalue weighted by Gasteiger charge is -2.27. The lowest BCUT2D eigenvalue weighted by atomic mass is 10.0. The van der Waals surface area contributed by atoms with Gasteiger partial charge in [0.1, 0.15) is 81.6 Å². The number of carbonyl (C=O) groups is 2. The third kappa shape index (κ3) is 24.2. The molecule has 0 saturated heterocycles. The first kappa shape index (κ1) is 86.4. The quantitative estimate of drug-likeness (QED) is 0.0266. The van der Waals surface area contributed by atoms with Gasteiger partial charge in [-0.2, -0.15) is 0 Å². The van der Waals surface area contributed by atoms with Crippen LogP contribution in [-0.4, -0.2) is 39.0 Å². The molecular weight excluding hydrogens is 1540 g/mol. The average Bonchev–Trinajstić information content (AvgIpc) is 0.797. The van der Waals surface area contributed by atoms with Crippen LogP contribution in [-0.2, 0) is 0 Å². The van der Waals surface area contributed by atoms with Crippen LogP contribution in [0.5, 0.6) is 69.0 Å². The van der Waals surface area contributed by atoms with Crippen LogP contribution in [0.1, 0.15) is 151 Å². The normalized spacial score (nSPS) is 11.0. The summed E-state index contributed by atoms with van der Waals surface area (Å²) in [6.07, 6.45) is 19.4. The third-order valence-corrected chi connectivity index (χ3v) is 21.4. The molecule has 0 saturated carbocycles. The highest BCUT2D eigenvalue weighted by Gasteiger charge is 2.22. The summed E-state index contributed by atoms with van der Waals surface area (Å²) in [7, 11) is 0. The van der Waals surface area contributed by atoms with Gasteiger partial charge in [-0.3, -0.25) is 9.59 Å². The van der Waals surface area contributed by atoms with Gasteiger partial charge in [0, 0.05) is 128 Å². The number of unbranched alkanes of at least 4 members (excludes halogenated alkanes) is 12. The maximum Gasteiger partial charge on any atom is 0.150 e. The second kappa shape index (κ2) is 45.1. The van der Waals surface area contributed by atoms with Gasteiger partial charge in [-0.1, -0.05) is 178 Å². The zero-order chi connectivity index (χ0) is 85.3. The minimum atomic E-state index is 0.577. The molecule has 0 amide bonds. The Morgan fingerprint density at radius 1 is 0.194 bits per heavy atom. The number of rotatable bonds is 47. The van der Waals surface area contributed by atoms with Crippen molar-refractivity contribution in [2.75, 3.05) is 46.0 Å². The molecule has 0 heterocycles. The monoisotopic (exact) mass is 1650 g/mol. The minimum Gasteiger partial charge on any atom is -0.494 e. The SMILES string of the molecule is CCCCCCOc1cccc(N(c2ccc(Oc3cccc(N(c4cccc(OCCCCCC)c4)c4cccc(Oc5ccc(C=O)cc5)c4)c3)cc2)c2ccc(-c3ccc(N(c4cccc(OCCCCCC)c4)c4cccc(Oc5ccc(N(c6cccc(OCCCCCC)c6)c6cccc(Oc7ccc(C=O)cc7)c6)cc5)c4)cc3)cc2)c1. The van der Waals surface area contributed by atoms with E-state index in [0.717, 1.165) is 192 Å². The van der Waals surface area contributed by atoms with Crippen LogP contribution < -0.4 is 57.5 Å². The fourth-order valence-corrected chi connectivity index (χ4v) is 15.0. The number of aldehydes is 2. The Hall–Kier alpha value is -14.0. The fourth-order valence-electron chi connectivity index (χ4n) is 15.0. The van der Waals surface area contributed by atoms with E-state index < -0.39 is 0 Å². The summed E-state index contributed by atoms with van der Waals surface area (Å²) in [4.78, 5) is 31.8. The van der Waals surface area contributed by atoms with Crippen LogP contribution in [0, 0.1) is 0 Å². The summed E-state index contributed by atoms with van der Waals surface area (Å²) in [5.74, 6) is 8.36. The van der Waals surface area contributed by atoms with Gasteiger partial charge in [0.2, 0.25) is 0 Å². The number of anilines is 12. The Morgan fingerprint density at radius 2 is 0.387 bits per heavy atom. The molecule has 0 radical (unpaired) electrons. The standard InChI is InChI=1S/C110H110N4O10/c1-5-9-13-17-69-117-103-37-21-29-91(73-103)111(89-57-65-101(66-58-89)124-110-44-28-36-98(80-110)114(94-32-24-40-106(76-94)120-72-20-16-12-8-4)97-35-27-43-109(79-97)122-100-63-47-84(82-116)48-64-100)87-53-49-85(50-54-87)86-51-55-88(56-52-86)112(92-30-22-38-104(74-92)118-70-18-14-10-6-2)95-33-25-42-108(77-95)123-102-67-59-90(60-68-102)113(93-31-23-39-105(75-93)119-71-19-15-11-7-3)96-34-26-41-107(78-96)121-99-61-45-83(81-115)46-62-99/h21-68,73-82H,5-20,69-72H2,1-4H3. The van der Waals surface area contributed by atoms with Gasteiger partial charge in [-0.25, -0.2) is 0 Å². The van der Waals surface area contributed by atoms with E-state index in [1.165, 1.54) is 25.7 Å². The van der Waals surface area contributed by atoms with Crippen molar-refractivity contribution in [3.8, 4) is 80.1 Å². The maximum absolute atomic E-state index is 11.5. The topological polar surface area (TPSA) is 121 Å². The van der Waals surface area contributed by atoms with Crippen LogP contribution in [0.2, 0.25) is 0 Å². The van der Waals surface area contributed by atoms with Crippen LogP contribution in [0.4, 0.5) is 68.2 Å². The average molecular weight is 1650 g/mol. The van der Waals surface area contributed by atoms with Gasteiger partial charge in [0.15, 0.2) is 0 Å². The van der Waals surface area contributed by atoms with Crippen LogP contribution in [0.25, 0.3) is 11.1 Å². The van der Waals surface area contributed by atoms with Crippen molar-refractivity contribution in [2.24, 2.45) is 0 Å². The molecule has 0 fully saturated rings.